The van der Waals surface area contributed by atoms with E-state index in [0.717, 1.165) is 0 Å². The van der Waals surface area contributed by atoms with Gasteiger partial charge in [0, 0.05) is 0 Å². The fourth-order valence-corrected chi connectivity index (χ4v) is 0.304. The van der Waals surface area contributed by atoms with Crippen LogP contribution in [0.25, 0.3) is 0 Å². The van der Waals surface area contributed by atoms with Crippen LogP contribution in [-0.2, 0) is 0 Å². The van der Waals surface area contributed by atoms with Crippen LogP contribution in [0.3, 0.4) is 0 Å². The van der Waals surface area contributed by atoms with Crippen molar-refractivity contribution >= 4 is 0 Å². The molecule has 0 aliphatic heterocycles. The Bertz CT molecular complexity index is 72.0. The average molecular weight is 198 g/mol. The van der Waals surface area contributed by atoms with E-state index in [1.54, 1.807) is 0 Å². The van der Waals surface area contributed by atoms with Crippen LogP contribution in [0.4, 0.5) is 0 Å². The smallest absolute Gasteiger partial charge is 0.0115 e. The molecule has 0 fully saturated rings. The molecule has 0 aliphatic carbocycles. The monoisotopic (exact) mass is 198 g/mol. The van der Waals surface area contributed by atoms with Crippen molar-refractivity contribution in [1.29, 1.82) is 0 Å². The summed E-state index contributed by atoms with van der Waals surface area (Å²) in [6, 6.07) is 13.0. The Kier molecular flexibility index (Phi) is 121. The molecular weight excluding hydrogens is 168 g/mol. The minimum absolute atomic E-state index is 0. The Morgan fingerprint density at radius 2 is 0.786 bits per heavy atom. The summed E-state index contributed by atoms with van der Waals surface area (Å²) in [4.78, 5) is 0. The predicted molar refractivity (Wildman–Crippen MR) is 71.6 cm³/mol. The van der Waals surface area contributed by atoms with Crippen LogP contribution in [0.2, 0.25) is 0 Å². The molecule has 0 bridgehead atoms. The molecule has 14 heavy (non-hydrogen) atoms. The summed E-state index contributed by atoms with van der Waals surface area (Å²) >= 11 is 0. The average Bonchev–Trinajstić information content (AvgIpc) is 2.29. The highest BCUT2D eigenvalue weighted by Gasteiger charge is 1.53. The van der Waals surface area contributed by atoms with E-state index >= 15 is 0 Å². The zero-order chi connectivity index (χ0) is 10.2. The van der Waals surface area contributed by atoms with Crippen molar-refractivity contribution in [2.75, 3.05) is 0 Å². The minimum atomic E-state index is 0. The van der Waals surface area contributed by atoms with E-state index in [1.807, 2.05) is 65.8 Å². The van der Waals surface area contributed by atoms with E-state index < -0.39 is 0 Å². The number of rotatable bonds is 0. The third-order valence-corrected chi connectivity index (χ3v) is 0.554. The zero-order valence-corrected chi connectivity index (χ0v) is 9.31. The van der Waals surface area contributed by atoms with Gasteiger partial charge in [-0.1, -0.05) is 80.7 Å². The van der Waals surface area contributed by atoms with Gasteiger partial charge in [-0.25, -0.2) is 0 Å². The molecule has 0 aromatic heterocycles. The molecule has 0 heterocycles. The molecule has 0 aliphatic rings. The fraction of sp³-hybridized carbons (Fsp3) is 0.571. The second-order valence-electron chi connectivity index (χ2n) is 1.01. The molecule has 86 valence electrons. The largest absolute Gasteiger partial charge is 0.0776 e. The Hall–Kier alpha value is -0.960. The molecule has 0 unspecified atom stereocenters. The molecule has 0 nitrogen and oxygen atoms in total. The van der Waals surface area contributed by atoms with Gasteiger partial charge in [-0.3, -0.25) is 0 Å². The van der Waals surface area contributed by atoms with Gasteiger partial charge in [0.2, 0.25) is 0 Å². The molecule has 0 spiro atoms. The highest BCUT2D eigenvalue weighted by atomic mass is 13.6. The number of hydrogen-bond donors (Lipinski definition) is 0. The van der Waals surface area contributed by atoms with E-state index in [4.69, 9.17) is 0 Å². The van der Waals surface area contributed by atoms with Gasteiger partial charge in [0.15, 0.2) is 0 Å². The lowest BCUT2D eigenvalue weighted by Gasteiger charge is -1.61. The van der Waals surface area contributed by atoms with Crippen LogP contribution in [0.1, 0.15) is 56.4 Å². The summed E-state index contributed by atoms with van der Waals surface area (Å²) in [6.07, 6.45) is 0. The van der Waals surface area contributed by atoms with Gasteiger partial charge >= 0.3 is 0 Å². The lowest BCUT2D eigenvalue weighted by atomic mass is 10.4. The third-order valence-electron chi connectivity index (χ3n) is 0.554. The van der Waals surface area contributed by atoms with Crippen molar-refractivity contribution < 1.29 is 0 Å². The van der Waals surface area contributed by atoms with E-state index in [-0.39, 0.29) is 14.9 Å². The minimum Gasteiger partial charge on any atom is -0.0776 e. The first-order valence-corrected chi connectivity index (χ1v) is 4.83. The van der Waals surface area contributed by atoms with E-state index in [1.165, 1.54) is 0 Å². The molecule has 0 N–H and O–H groups in total. The molecule has 0 saturated heterocycles. The molecule has 0 radical (unpaired) electrons. The van der Waals surface area contributed by atoms with Gasteiger partial charge in [-0.15, -0.1) is 0 Å². The van der Waals surface area contributed by atoms with Gasteiger partial charge < -0.3 is 0 Å². The number of hydrogen-bond acceptors (Lipinski definition) is 0. The van der Waals surface area contributed by atoms with Crippen molar-refractivity contribution in [3.63, 3.8) is 0 Å². The standard InChI is InChI=1S/C6H4.3C2H6.2CH4/c1-2-4-6-5-3-1;3*1-2;;/h1-4H;3*1-2H3;2*1H4. The van der Waals surface area contributed by atoms with Crippen LogP contribution in [0, 0.1) is 12.1 Å². The summed E-state index contributed by atoms with van der Waals surface area (Å²) in [7, 11) is 0. The molecule has 1 aromatic rings. The summed E-state index contributed by atoms with van der Waals surface area (Å²) in [6.45, 7) is 12.0. The molecule has 1 aromatic carbocycles. The highest BCUT2D eigenvalue weighted by molar-refractivity contribution is 4.89. The molecule has 0 heteroatoms. The molecule has 1 rings (SSSR count). The second kappa shape index (κ2) is 57.8. The van der Waals surface area contributed by atoms with Crippen molar-refractivity contribution in [2.45, 2.75) is 56.4 Å². The maximum absolute atomic E-state index is 2.77. The zero-order valence-electron chi connectivity index (χ0n) is 9.31. The molecule has 0 amide bonds. The van der Waals surface area contributed by atoms with Crippen LogP contribution >= 0.6 is 0 Å². The summed E-state index contributed by atoms with van der Waals surface area (Å²) < 4.78 is 0. The normalized spacial score (nSPS) is 4.14. The Morgan fingerprint density at radius 3 is 0.857 bits per heavy atom. The summed E-state index contributed by atoms with van der Waals surface area (Å²) in [5.74, 6) is 0. The Balaban J connectivity index is -0.0000000300. The first-order valence-electron chi connectivity index (χ1n) is 4.83. The summed E-state index contributed by atoms with van der Waals surface area (Å²) in [5, 5.41) is 0. The first kappa shape index (κ1) is 29.2. The van der Waals surface area contributed by atoms with Gasteiger partial charge in [0.25, 0.3) is 0 Å². The van der Waals surface area contributed by atoms with Crippen molar-refractivity contribution in [2.24, 2.45) is 0 Å². The van der Waals surface area contributed by atoms with Crippen LogP contribution in [0.15, 0.2) is 24.3 Å². The van der Waals surface area contributed by atoms with E-state index in [0.29, 0.717) is 0 Å². The lowest BCUT2D eigenvalue weighted by molar-refractivity contribution is 1.50. The quantitative estimate of drug-likeness (QED) is 0.506. The topological polar surface area (TPSA) is 0 Å². The van der Waals surface area contributed by atoms with Crippen molar-refractivity contribution in [3.05, 3.63) is 36.4 Å². The maximum Gasteiger partial charge on any atom is -0.0115 e. The van der Waals surface area contributed by atoms with Crippen molar-refractivity contribution in [1.82, 2.24) is 0 Å². The third kappa shape index (κ3) is 43.8. The van der Waals surface area contributed by atoms with Crippen LogP contribution in [-0.4, -0.2) is 0 Å². The maximum atomic E-state index is 2.77. The summed E-state index contributed by atoms with van der Waals surface area (Å²) in [5.41, 5.74) is 0. The van der Waals surface area contributed by atoms with Crippen LogP contribution in [0.5, 0.6) is 0 Å². The van der Waals surface area contributed by atoms with E-state index in [2.05, 4.69) is 12.1 Å². The van der Waals surface area contributed by atoms with Gasteiger partial charge in [0.05, 0.1) is 0 Å². The Labute approximate surface area is 93.4 Å². The SMILES string of the molecule is C.C.CC.CC.CC.c1ccccc#1. The second-order valence-corrected chi connectivity index (χ2v) is 1.01. The highest BCUT2D eigenvalue weighted by Crippen LogP contribution is 1.71. The first-order chi connectivity index (χ1) is 6.00. The molecular formula is C14H30. The van der Waals surface area contributed by atoms with Gasteiger partial charge in [-0.05, 0) is 12.1 Å². The fourth-order valence-electron chi connectivity index (χ4n) is 0.304. The Morgan fingerprint density at radius 1 is 0.571 bits per heavy atom. The van der Waals surface area contributed by atoms with Crippen molar-refractivity contribution in [3.8, 4) is 0 Å². The molecule has 0 saturated carbocycles. The van der Waals surface area contributed by atoms with E-state index in [9.17, 15) is 0 Å². The van der Waals surface area contributed by atoms with Gasteiger partial charge in [0.1, 0.15) is 0 Å². The van der Waals surface area contributed by atoms with Crippen LogP contribution < -0.4 is 0 Å². The predicted octanol–water partition coefficient (Wildman–Crippen LogP) is 5.64. The molecule has 0 atom stereocenters. The lowest BCUT2D eigenvalue weighted by Crippen LogP contribution is -1.43. The van der Waals surface area contributed by atoms with Gasteiger partial charge in [-0.2, -0.15) is 0 Å².